The molecule has 6 heteroatoms. The predicted octanol–water partition coefficient (Wildman–Crippen LogP) is 2.12. The number of carbonyl (C=O) groups excluding carboxylic acids is 1. The van der Waals surface area contributed by atoms with Crippen LogP contribution in [0.3, 0.4) is 0 Å². The average Bonchev–Trinajstić information content (AvgIpc) is 2.78. The Bertz CT molecular complexity index is 631. The molecule has 1 aromatic carbocycles. The summed E-state index contributed by atoms with van der Waals surface area (Å²) in [6.45, 7) is 1.61. The number of hydrogen-bond acceptors (Lipinski definition) is 3. The Hall–Kier alpha value is -1.95. The third-order valence-corrected chi connectivity index (χ3v) is 3.29. The molecule has 0 spiro atoms. The summed E-state index contributed by atoms with van der Waals surface area (Å²) >= 11 is 1.37. The maximum Gasteiger partial charge on any atom is 0.289 e. The lowest BCUT2D eigenvalue weighted by Crippen LogP contribution is -2.25. The van der Waals surface area contributed by atoms with Crippen molar-refractivity contribution in [1.82, 2.24) is 4.57 Å². The molecule has 0 N–H and O–H groups in total. The molecule has 19 heavy (non-hydrogen) atoms. The van der Waals surface area contributed by atoms with Gasteiger partial charge < -0.3 is 9.30 Å². The lowest BCUT2D eigenvalue weighted by atomic mass is 10.3. The van der Waals surface area contributed by atoms with Crippen LogP contribution in [0.15, 0.2) is 40.8 Å². The quantitative estimate of drug-likeness (QED) is 0.864. The normalized spacial score (nSPS) is 13.3. The molecule has 0 saturated carbocycles. The lowest BCUT2D eigenvalue weighted by molar-refractivity contribution is -0.124. The third-order valence-electron chi connectivity index (χ3n) is 2.44. The van der Waals surface area contributed by atoms with Crippen molar-refractivity contribution in [2.24, 2.45) is 12.0 Å². The van der Waals surface area contributed by atoms with Gasteiger partial charge in [-0.1, -0.05) is 0 Å². The van der Waals surface area contributed by atoms with Crippen LogP contribution in [0.2, 0.25) is 0 Å². The average molecular weight is 280 g/mol. The fourth-order valence-corrected chi connectivity index (χ4v) is 2.12. The van der Waals surface area contributed by atoms with Gasteiger partial charge in [-0.2, -0.15) is 4.99 Å². The van der Waals surface area contributed by atoms with Gasteiger partial charge in [-0.3, -0.25) is 4.79 Å². The smallest absolute Gasteiger partial charge is 0.289 e. The first-order valence-corrected chi connectivity index (χ1v) is 6.55. The minimum absolute atomic E-state index is 0.346. The van der Waals surface area contributed by atoms with Crippen molar-refractivity contribution in [2.45, 2.75) is 13.0 Å². The summed E-state index contributed by atoms with van der Waals surface area (Å²) in [6.07, 6.45) is 1.11. The number of aromatic nitrogens is 1. The summed E-state index contributed by atoms with van der Waals surface area (Å²) in [4.78, 5) is 16.4. The van der Waals surface area contributed by atoms with Gasteiger partial charge in [0.15, 0.2) is 10.9 Å². The van der Waals surface area contributed by atoms with Crippen LogP contribution in [0.5, 0.6) is 5.75 Å². The van der Waals surface area contributed by atoms with Crippen molar-refractivity contribution in [3.63, 3.8) is 0 Å². The zero-order chi connectivity index (χ0) is 13.8. The fraction of sp³-hybridized carbons (Fsp3) is 0.231. The Kier molecular flexibility index (Phi) is 4.11. The Balaban J connectivity index is 2.08. The lowest BCUT2D eigenvalue weighted by Gasteiger charge is -2.10. The highest BCUT2D eigenvalue weighted by Gasteiger charge is 2.14. The van der Waals surface area contributed by atoms with Crippen LogP contribution in [0, 0.1) is 5.82 Å². The zero-order valence-electron chi connectivity index (χ0n) is 10.5. The van der Waals surface area contributed by atoms with Crippen molar-refractivity contribution in [2.75, 3.05) is 0 Å². The number of amides is 1. The summed E-state index contributed by atoms with van der Waals surface area (Å²) in [5, 5.41) is 1.84. The van der Waals surface area contributed by atoms with Crippen molar-refractivity contribution < 1.29 is 13.9 Å². The maximum atomic E-state index is 12.7. The number of hydrogen-bond donors (Lipinski definition) is 0. The first-order valence-electron chi connectivity index (χ1n) is 5.67. The molecule has 1 amide bonds. The van der Waals surface area contributed by atoms with Crippen molar-refractivity contribution in [1.29, 1.82) is 0 Å². The molecule has 1 heterocycles. The number of aryl methyl sites for hydroxylation is 1. The monoisotopic (exact) mass is 280 g/mol. The van der Waals surface area contributed by atoms with Gasteiger partial charge in [0.2, 0.25) is 0 Å². The Morgan fingerprint density at radius 3 is 2.68 bits per heavy atom. The van der Waals surface area contributed by atoms with E-state index in [4.69, 9.17) is 4.74 Å². The molecule has 0 aliphatic carbocycles. The first-order chi connectivity index (χ1) is 9.06. The van der Waals surface area contributed by atoms with E-state index in [9.17, 15) is 9.18 Å². The number of thiazole rings is 1. The topological polar surface area (TPSA) is 43.6 Å². The SMILES string of the molecule is CC(Oc1ccc(F)cc1)C(=O)N=c1sccn1C. The maximum absolute atomic E-state index is 12.7. The molecule has 1 aromatic heterocycles. The van der Waals surface area contributed by atoms with Gasteiger partial charge in [0.05, 0.1) is 0 Å². The van der Waals surface area contributed by atoms with Crippen molar-refractivity contribution in [3.8, 4) is 5.75 Å². The number of halogens is 1. The first kappa shape index (κ1) is 13.5. The molecular formula is C13H13FN2O2S. The van der Waals surface area contributed by atoms with Crippen LogP contribution in [-0.4, -0.2) is 16.6 Å². The summed E-state index contributed by atoms with van der Waals surface area (Å²) in [7, 11) is 1.81. The van der Waals surface area contributed by atoms with E-state index in [1.54, 1.807) is 11.5 Å². The molecular weight excluding hydrogens is 267 g/mol. The summed E-state index contributed by atoms with van der Waals surface area (Å²) < 4.78 is 19.9. The van der Waals surface area contributed by atoms with E-state index in [1.165, 1.54) is 35.6 Å². The molecule has 2 rings (SSSR count). The van der Waals surface area contributed by atoms with Crippen LogP contribution in [0.4, 0.5) is 4.39 Å². The van der Waals surface area contributed by atoms with E-state index in [1.807, 2.05) is 18.6 Å². The van der Waals surface area contributed by atoms with Gasteiger partial charge in [-0.25, -0.2) is 4.39 Å². The van der Waals surface area contributed by atoms with E-state index in [0.29, 0.717) is 10.6 Å². The molecule has 4 nitrogen and oxygen atoms in total. The molecule has 0 bridgehead atoms. The van der Waals surface area contributed by atoms with Gasteiger partial charge in [-0.05, 0) is 31.2 Å². The Morgan fingerprint density at radius 1 is 1.42 bits per heavy atom. The highest BCUT2D eigenvalue weighted by molar-refractivity contribution is 7.07. The van der Waals surface area contributed by atoms with Crippen molar-refractivity contribution in [3.05, 3.63) is 46.5 Å². The van der Waals surface area contributed by atoms with Crippen LogP contribution >= 0.6 is 11.3 Å². The van der Waals surface area contributed by atoms with Gasteiger partial charge in [0.1, 0.15) is 11.6 Å². The largest absolute Gasteiger partial charge is 0.481 e. The van der Waals surface area contributed by atoms with Gasteiger partial charge in [0, 0.05) is 18.6 Å². The summed E-state index contributed by atoms with van der Waals surface area (Å²) in [6, 6.07) is 5.51. The second-order valence-corrected chi connectivity index (χ2v) is 4.83. The second kappa shape index (κ2) is 5.79. The van der Waals surface area contributed by atoms with E-state index in [0.717, 1.165) is 0 Å². The van der Waals surface area contributed by atoms with Crippen LogP contribution < -0.4 is 9.54 Å². The Morgan fingerprint density at radius 2 is 2.11 bits per heavy atom. The van der Waals surface area contributed by atoms with Gasteiger partial charge >= 0.3 is 0 Å². The molecule has 100 valence electrons. The number of nitrogens with zero attached hydrogens (tertiary/aromatic N) is 2. The van der Waals surface area contributed by atoms with Gasteiger partial charge in [0.25, 0.3) is 5.91 Å². The fourth-order valence-electron chi connectivity index (χ4n) is 1.39. The zero-order valence-corrected chi connectivity index (χ0v) is 11.4. The van der Waals surface area contributed by atoms with E-state index >= 15 is 0 Å². The molecule has 0 radical (unpaired) electrons. The summed E-state index contributed by atoms with van der Waals surface area (Å²) in [5.74, 6) is -0.281. The minimum atomic E-state index is -0.715. The van der Waals surface area contributed by atoms with E-state index in [2.05, 4.69) is 4.99 Å². The molecule has 0 saturated heterocycles. The standard InChI is InChI=1S/C13H13FN2O2S/c1-9(18-11-5-3-10(14)4-6-11)12(17)15-13-16(2)7-8-19-13/h3-9H,1-2H3. The van der Waals surface area contributed by atoms with Crippen LogP contribution in [0.1, 0.15) is 6.92 Å². The highest BCUT2D eigenvalue weighted by atomic mass is 32.1. The molecule has 0 fully saturated rings. The molecule has 2 aromatic rings. The number of rotatable bonds is 3. The predicted molar refractivity (Wildman–Crippen MR) is 70.4 cm³/mol. The van der Waals surface area contributed by atoms with Crippen LogP contribution in [-0.2, 0) is 11.8 Å². The molecule has 1 atom stereocenters. The van der Waals surface area contributed by atoms with E-state index < -0.39 is 6.10 Å². The van der Waals surface area contributed by atoms with Crippen LogP contribution in [0.25, 0.3) is 0 Å². The van der Waals surface area contributed by atoms with E-state index in [-0.39, 0.29) is 11.7 Å². The Labute approximate surface area is 113 Å². The van der Waals surface area contributed by atoms with Crippen molar-refractivity contribution >= 4 is 17.2 Å². The summed E-state index contributed by atoms with van der Waals surface area (Å²) in [5.41, 5.74) is 0. The number of ether oxygens (including phenoxy) is 1. The number of benzene rings is 1. The molecule has 0 aliphatic heterocycles. The minimum Gasteiger partial charge on any atom is -0.481 e. The molecule has 1 unspecified atom stereocenters. The van der Waals surface area contributed by atoms with Gasteiger partial charge in [-0.15, -0.1) is 11.3 Å². The highest BCUT2D eigenvalue weighted by Crippen LogP contribution is 2.13. The third kappa shape index (κ3) is 3.51. The molecule has 0 aliphatic rings. The number of carbonyl (C=O) groups is 1. The second-order valence-electron chi connectivity index (χ2n) is 3.96.